The molecule has 2 unspecified atom stereocenters. The van der Waals surface area contributed by atoms with E-state index in [2.05, 4.69) is 67.1 Å². The molecule has 0 spiro atoms. The van der Waals surface area contributed by atoms with Crippen LogP contribution in [0.15, 0.2) is 36.4 Å². The highest BCUT2D eigenvalue weighted by atomic mass is 16.5. The number of carbonyl (C=O) groups is 1. The van der Waals surface area contributed by atoms with Gasteiger partial charge in [-0.25, -0.2) is 4.98 Å². The fraction of sp³-hybridized carbons (Fsp3) is 0.500. The van der Waals surface area contributed by atoms with Crippen LogP contribution < -0.4 is 10.1 Å². The van der Waals surface area contributed by atoms with E-state index in [0.29, 0.717) is 30.7 Å². The average molecular weight is 464 g/mol. The van der Waals surface area contributed by atoms with Crippen LogP contribution in [0.3, 0.4) is 0 Å². The van der Waals surface area contributed by atoms with Crippen LogP contribution in [0.5, 0.6) is 5.75 Å². The maximum atomic E-state index is 11.7. The molecule has 2 aromatic carbocycles. The number of esters is 1. The highest BCUT2D eigenvalue weighted by Crippen LogP contribution is 2.39. The molecule has 6 nitrogen and oxygen atoms in total. The van der Waals surface area contributed by atoms with Crippen molar-refractivity contribution in [3.05, 3.63) is 47.5 Å². The van der Waals surface area contributed by atoms with Gasteiger partial charge in [-0.2, -0.15) is 0 Å². The van der Waals surface area contributed by atoms with E-state index in [9.17, 15) is 4.79 Å². The Labute approximate surface area is 202 Å². The summed E-state index contributed by atoms with van der Waals surface area (Å²) in [4.78, 5) is 16.7. The lowest BCUT2D eigenvalue weighted by molar-refractivity contribution is -0.140. The van der Waals surface area contributed by atoms with Crippen molar-refractivity contribution >= 4 is 28.6 Å². The van der Waals surface area contributed by atoms with Gasteiger partial charge in [-0.3, -0.25) is 4.79 Å². The SMILES string of the molecule is COC(=O)CCc1cc2nc(Nc3ccc(C(C)C)cc3)n(C3CCCC(C)C3)c2cc1OC. The molecule has 1 saturated carbocycles. The molecular weight excluding hydrogens is 426 g/mol. The van der Waals surface area contributed by atoms with Crippen LogP contribution >= 0.6 is 0 Å². The molecule has 0 amide bonds. The number of imidazole rings is 1. The number of aromatic nitrogens is 2. The van der Waals surface area contributed by atoms with Crippen molar-refractivity contribution < 1.29 is 14.3 Å². The first-order valence-electron chi connectivity index (χ1n) is 12.4. The largest absolute Gasteiger partial charge is 0.496 e. The van der Waals surface area contributed by atoms with Crippen LogP contribution in [0.2, 0.25) is 0 Å². The van der Waals surface area contributed by atoms with Crippen molar-refractivity contribution in [1.82, 2.24) is 9.55 Å². The molecule has 1 fully saturated rings. The number of rotatable bonds is 8. The number of hydrogen-bond acceptors (Lipinski definition) is 5. The predicted molar refractivity (Wildman–Crippen MR) is 137 cm³/mol. The van der Waals surface area contributed by atoms with E-state index in [0.717, 1.165) is 46.8 Å². The molecule has 0 radical (unpaired) electrons. The van der Waals surface area contributed by atoms with Crippen LogP contribution in [0, 0.1) is 5.92 Å². The standard InChI is InChI=1S/C28H37N3O3/c1-18(2)20-9-12-22(13-10-20)29-28-30-24-16-21(11-14-27(32)34-5)26(33-4)17-25(24)31(28)23-8-6-7-19(3)15-23/h9-10,12-13,16-19,23H,6-8,11,14-15H2,1-5H3,(H,29,30). The summed E-state index contributed by atoms with van der Waals surface area (Å²) in [5, 5.41) is 3.59. The Balaban J connectivity index is 1.75. The molecule has 0 saturated heterocycles. The molecular formula is C28H37N3O3. The van der Waals surface area contributed by atoms with Gasteiger partial charge in [0.2, 0.25) is 5.95 Å². The first-order valence-corrected chi connectivity index (χ1v) is 12.4. The third-order valence-electron chi connectivity index (χ3n) is 7.03. The van der Waals surface area contributed by atoms with Crippen LogP contribution in [-0.4, -0.2) is 29.7 Å². The van der Waals surface area contributed by atoms with E-state index >= 15 is 0 Å². The number of methoxy groups -OCH3 is 2. The number of benzene rings is 2. The molecule has 182 valence electrons. The van der Waals surface area contributed by atoms with Gasteiger partial charge in [-0.05, 0) is 60.4 Å². The number of aryl methyl sites for hydroxylation is 1. The topological polar surface area (TPSA) is 65.4 Å². The second kappa shape index (κ2) is 10.5. The van der Waals surface area contributed by atoms with Crippen molar-refractivity contribution in [2.24, 2.45) is 5.92 Å². The summed E-state index contributed by atoms with van der Waals surface area (Å²) in [6.07, 6.45) is 5.65. The fourth-order valence-electron chi connectivity index (χ4n) is 5.06. The van der Waals surface area contributed by atoms with Crippen molar-refractivity contribution in [2.75, 3.05) is 19.5 Å². The van der Waals surface area contributed by atoms with Gasteiger partial charge in [0.15, 0.2) is 0 Å². The first-order chi connectivity index (χ1) is 16.4. The number of nitrogens with one attached hydrogen (secondary N) is 1. The zero-order valence-electron chi connectivity index (χ0n) is 21.1. The van der Waals surface area contributed by atoms with E-state index in [4.69, 9.17) is 14.5 Å². The Hall–Kier alpha value is -3.02. The number of fused-ring (bicyclic) bond motifs is 1. The van der Waals surface area contributed by atoms with Crippen molar-refractivity contribution in [3.8, 4) is 5.75 Å². The highest BCUT2D eigenvalue weighted by Gasteiger charge is 2.26. The van der Waals surface area contributed by atoms with E-state index in [1.807, 2.05) is 0 Å². The number of anilines is 2. The summed E-state index contributed by atoms with van der Waals surface area (Å²) in [5.74, 6) is 2.61. The molecule has 1 heterocycles. The van der Waals surface area contributed by atoms with E-state index in [-0.39, 0.29) is 5.97 Å². The fourth-order valence-corrected chi connectivity index (χ4v) is 5.06. The lowest BCUT2D eigenvalue weighted by atomic mass is 9.87. The Kier molecular flexibility index (Phi) is 7.44. The maximum Gasteiger partial charge on any atom is 0.305 e. The quantitative estimate of drug-likeness (QED) is 0.374. The normalized spacial score (nSPS) is 18.3. The first kappa shape index (κ1) is 24.1. The van der Waals surface area contributed by atoms with Gasteiger partial charge in [-0.15, -0.1) is 0 Å². The minimum atomic E-state index is -0.226. The zero-order chi connectivity index (χ0) is 24.2. The lowest BCUT2D eigenvalue weighted by Crippen LogP contribution is -2.19. The molecule has 4 rings (SSSR count). The Morgan fingerprint density at radius 2 is 1.94 bits per heavy atom. The van der Waals surface area contributed by atoms with E-state index < -0.39 is 0 Å². The smallest absolute Gasteiger partial charge is 0.305 e. The lowest BCUT2D eigenvalue weighted by Gasteiger charge is -2.29. The van der Waals surface area contributed by atoms with Crippen molar-refractivity contribution in [3.63, 3.8) is 0 Å². The van der Waals surface area contributed by atoms with E-state index in [1.54, 1.807) is 7.11 Å². The van der Waals surface area contributed by atoms with Crippen LogP contribution in [0.1, 0.15) is 76.0 Å². The van der Waals surface area contributed by atoms with Crippen LogP contribution in [0.25, 0.3) is 11.0 Å². The molecule has 1 aromatic heterocycles. The van der Waals surface area contributed by atoms with Crippen LogP contribution in [0.4, 0.5) is 11.6 Å². The second-order valence-corrected chi connectivity index (χ2v) is 9.86. The average Bonchev–Trinajstić information content (AvgIpc) is 3.18. The summed E-state index contributed by atoms with van der Waals surface area (Å²) in [7, 11) is 3.10. The minimum Gasteiger partial charge on any atom is -0.496 e. The third-order valence-corrected chi connectivity index (χ3v) is 7.03. The molecule has 2 atom stereocenters. The molecule has 3 aromatic rings. The van der Waals surface area contributed by atoms with Gasteiger partial charge in [0.1, 0.15) is 5.75 Å². The monoisotopic (exact) mass is 463 g/mol. The van der Waals surface area contributed by atoms with Crippen molar-refractivity contribution in [1.29, 1.82) is 0 Å². The number of hydrogen-bond donors (Lipinski definition) is 1. The number of carbonyl (C=O) groups excluding carboxylic acids is 1. The molecule has 6 heteroatoms. The summed E-state index contributed by atoms with van der Waals surface area (Å²) in [6, 6.07) is 13.1. The molecule has 1 N–H and O–H groups in total. The van der Waals surface area contributed by atoms with Gasteiger partial charge >= 0.3 is 5.97 Å². The number of ether oxygens (including phenoxy) is 2. The second-order valence-electron chi connectivity index (χ2n) is 9.86. The molecule has 0 bridgehead atoms. The van der Waals surface area contributed by atoms with Gasteiger partial charge < -0.3 is 19.4 Å². The van der Waals surface area contributed by atoms with Gasteiger partial charge in [-0.1, -0.05) is 45.7 Å². The van der Waals surface area contributed by atoms with Gasteiger partial charge in [0.05, 0.1) is 25.3 Å². The van der Waals surface area contributed by atoms with E-state index in [1.165, 1.54) is 25.5 Å². The number of nitrogens with zero attached hydrogens (tertiary/aromatic N) is 2. The molecule has 1 aliphatic carbocycles. The summed E-state index contributed by atoms with van der Waals surface area (Å²) in [6.45, 7) is 6.75. The minimum absolute atomic E-state index is 0.226. The molecule has 1 aliphatic rings. The Morgan fingerprint density at radius 1 is 1.18 bits per heavy atom. The third kappa shape index (κ3) is 5.21. The summed E-state index contributed by atoms with van der Waals surface area (Å²) < 4.78 is 12.9. The van der Waals surface area contributed by atoms with Gasteiger partial charge in [0, 0.05) is 24.2 Å². The summed E-state index contributed by atoms with van der Waals surface area (Å²) in [5.41, 5.74) is 5.30. The Morgan fingerprint density at radius 3 is 2.59 bits per heavy atom. The zero-order valence-corrected chi connectivity index (χ0v) is 21.1. The predicted octanol–water partition coefficient (Wildman–Crippen LogP) is 6.77. The van der Waals surface area contributed by atoms with Gasteiger partial charge in [0.25, 0.3) is 0 Å². The van der Waals surface area contributed by atoms with Crippen LogP contribution in [-0.2, 0) is 16.0 Å². The summed E-state index contributed by atoms with van der Waals surface area (Å²) >= 11 is 0. The molecule has 0 aliphatic heterocycles. The van der Waals surface area contributed by atoms with Crippen molar-refractivity contribution in [2.45, 2.75) is 71.3 Å². The molecule has 34 heavy (non-hydrogen) atoms. The highest BCUT2D eigenvalue weighted by molar-refractivity contribution is 5.83. The maximum absolute atomic E-state index is 11.7. The Bertz CT molecular complexity index is 1130.